The molecule has 4 rings (SSSR count). The zero-order valence-electron chi connectivity index (χ0n) is 19.9. The molecular weight excluding hydrogens is 438 g/mol. The average Bonchev–Trinajstić information content (AvgIpc) is 3.64. The van der Waals surface area contributed by atoms with Crippen molar-refractivity contribution in [1.29, 1.82) is 0 Å². The topological polar surface area (TPSA) is 109 Å². The number of nitrogens with zero attached hydrogens (tertiary/aromatic N) is 2. The molecule has 0 bridgehead atoms. The molecule has 0 fully saturated rings. The van der Waals surface area contributed by atoms with Gasteiger partial charge in [0.1, 0.15) is 5.54 Å². The molecule has 2 amide bonds. The SMILES string of the molecule is CC1(CCNC(=O)[C@@H](N)CCC(=O)NC(c2ccccc2)(c2ccccc2)c2ccccc2)N=N1. The van der Waals surface area contributed by atoms with Gasteiger partial charge in [-0.05, 0) is 30.0 Å². The lowest BCUT2D eigenvalue weighted by atomic mass is 9.77. The molecule has 0 unspecified atom stereocenters. The first kappa shape index (κ1) is 24.3. The summed E-state index contributed by atoms with van der Waals surface area (Å²) in [5.74, 6) is -0.463. The zero-order valence-corrected chi connectivity index (χ0v) is 19.9. The fraction of sp³-hybridized carbons (Fsp3) is 0.286. The van der Waals surface area contributed by atoms with Gasteiger partial charge in [-0.2, -0.15) is 10.2 Å². The Morgan fingerprint density at radius 2 is 1.31 bits per heavy atom. The van der Waals surface area contributed by atoms with Gasteiger partial charge in [0, 0.05) is 19.4 Å². The molecule has 7 nitrogen and oxygen atoms in total. The Labute approximate surface area is 205 Å². The van der Waals surface area contributed by atoms with Crippen molar-refractivity contribution in [2.24, 2.45) is 16.0 Å². The predicted octanol–water partition coefficient (Wildman–Crippen LogP) is 3.89. The number of nitrogens with two attached hydrogens (primary N) is 1. The van der Waals surface area contributed by atoms with Gasteiger partial charge in [-0.15, -0.1) is 0 Å². The van der Waals surface area contributed by atoms with Gasteiger partial charge in [0.2, 0.25) is 11.8 Å². The Morgan fingerprint density at radius 1 is 0.857 bits per heavy atom. The van der Waals surface area contributed by atoms with E-state index in [1.165, 1.54) is 0 Å². The van der Waals surface area contributed by atoms with Crippen LogP contribution in [0.25, 0.3) is 0 Å². The molecule has 35 heavy (non-hydrogen) atoms. The molecule has 1 atom stereocenters. The van der Waals surface area contributed by atoms with Gasteiger partial charge < -0.3 is 16.4 Å². The minimum absolute atomic E-state index is 0.116. The van der Waals surface area contributed by atoms with E-state index < -0.39 is 11.6 Å². The monoisotopic (exact) mass is 469 g/mol. The smallest absolute Gasteiger partial charge is 0.236 e. The number of rotatable bonds is 11. The van der Waals surface area contributed by atoms with Crippen molar-refractivity contribution >= 4 is 11.8 Å². The summed E-state index contributed by atoms with van der Waals surface area (Å²) in [5.41, 5.74) is 7.66. The van der Waals surface area contributed by atoms with Crippen LogP contribution >= 0.6 is 0 Å². The first-order valence-corrected chi connectivity index (χ1v) is 11.9. The summed E-state index contributed by atoms with van der Waals surface area (Å²) >= 11 is 0. The van der Waals surface area contributed by atoms with E-state index in [1.807, 2.05) is 97.9 Å². The van der Waals surface area contributed by atoms with Crippen LogP contribution in [-0.4, -0.2) is 30.1 Å². The number of carbonyl (C=O) groups excluding carboxylic acids is 2. The number of amides is 2. The highest BCUT2D eigenvalue weighted by Gasteiger charge is 2.38. The molecule has 1 heterocycles. The van der Waals surface area contributed by atoms with Crippen LogP contribution in [-0.2, 0) is 15.1 Å². The van der Waals surface area contributed by atoms with Crippen molar-refractivity contribution in [3.63, 3.8) is 0 Å². The maximum Gasteiger partial charge on any atom is 0.236 e. The Kier molecular flexibility index (Phi) is 7.36. The minimum atomic E-state index is -0.889. The highest BCUT2D eigenvalue weighted by Crippen LogP contribution is 2.37. The van der Waals surface area contributed by atoms with Gasteiger partial charge in [-0.25, -0.2) is 0 Å². The third-order valence-corrected chi connectivity index (χ3v) is 6.31. The molecule has 1 aliphatic heterocycles. The summed E-state index contributed by atoms with van der Waals surface area (Å²) in [6, 6.07) is 28.9. The van der Waals surface area contributed by atoms with Crippen molar-refractivity contribution in [2.45, 2.75) is 43.4 Å². The largest absolute Gasteiger partial charge is 0.355 e. The number of nitrogens with one attached hydrogen (secondary N) is 2. The van der Waals surface area contributed by atoms with Crippen LogP contribution in [0.3, 0.4) is 0 Å². The standard InChI is InChI=1S/C28H31N5O2/c1-27(32-33-27)19-20-30-26(35)24(29)17-18-25(34)31-28(21-11-5-2-6-12-21,22-13-7-3-8-14-22)23-15-9-4-10-16-23/h2-16,24H,17-20,29H2,1H3,(H,30,35)(H,31,34)/t24-/m0/s1. The van der Waals surface area contributed by atoms with Crippen LogP contribution in [0.1, 0.15) is 42.9 Å². The van der Waals surface area contributed by atoms with E-state index in [2.05, 4.69) is 20.9 Å². The van der Waals surface area contributed by atoms with Gasteiger partial charge in [0.25, 0.3) is 0 Å². The van der Waals surface area contributed by atoms with Crippen molar-refractivity contribution < 1.29 is 9.59 Å². The number of hydrogen-bond donors (Lipinski definition) is 3. The molecule has 0 aliphatic carbocycles. The quantitative estimate of drug-likeness (QED) is 0.371. The van der Waals surface area contributed by atoms with Crippen LogP contribution in [0.2, 0.25) is 0 Å². The summed E-state index contributed by atoms with van der Waals surface area (Å²) in [7, 11) is 0. The lowest BCUT2D eigenvalue weighted by Gasteiger charge is -2.37. The molecule has 0 saturated carbocycles. The van der Waals surface area contributed by atoms with E-state index in [1.54, 1.807) is 0 Å². The van der Waals surface area contributed by atoms with Crippen molar-refractivity contribution in [2.75, 3.05) is 6.54 Å². The molecule has 180 valence electrons. The van der Waals surface area contributed by atoms with E-state index in [9.17, 15) is 9.59 Å². The van der Waals surface area contributed by atoms with Crippen LogP contribution in [0, 0.1) is 0 Å². The van der Waals surface area contributed by atoms with Crippen LogP contribution < -0.4 is 16.4 Å². The van der Waals surface area contributed by atoms with E-state index in [0.717, 1.165) is 16.7 Å². The van der Waals surface area contributed by atoms with Gasteiger partial charge in [0.05, 0.1) is 6.04 Å². The highest BCUT2D eigenvalue weighted by molar-refractivity contribution is 5.83. The first-order chi connectivity index (χ1) is 16.9. The van der Waals surface area contributed by atoms with E-state index in [0.29, 0.717) is 13.0 Å². The van der Waals surface area contributed by atoms with E-state index >= 15 is 0 Å². The number of benzene rings is 3. The number of hydrogen-bond acceptors (Lipinski definition) is 5. The van der Waals surface area contributed by atoms with Crippen molar-refractivity contribution in [3.05, 3.63) is 108 Å². The highest BCUT2D eigenvalue weighted by atomic mass is 16.2. The molecule has 3 aromatic rings. The summed E-state index contributed by atoms with van der Waals surface area (Å²) < 4.78 is 0. The van der Waals surface area contributed by atoms with Crippen LogP contribution in [0.4, 0.5) is 0 Å². The fourth-order valence-corrected chi connectivity index (χ4v) is 4.21. The first-order valence-electron chi connectivity index (χ1n) is 11.9. The molecular formula is C28H31N5O2. The third kappa shape index (κ3) is 5.81. The van der Waals surface area contributed by atoms with Gasteiger partial charge in [-0.1, -0.05) is 91.0 Å². The summed E-state index contributed by atoms with van der Waals surface area (Å²) in [6.45, 7) is 2.35. The molecule has 0 spiro atoms. The third-order valence-electron chi connectivity index (χ3n) is 6.31. The van der Waals surface area contributed by atoms with Gasteiger partial charge >= 0.3 is 0 Å². The second-order valence-corrected chi connectivity index (χ2v) is 9.00. The summed E-state index contributed by atoms with van der Waals surface area (Å²) in [4.78, 5) is 25.7. The predicted molar refractivity (Wildman–Crippen MR) is 135 cm³/mol. The molecule has 4 N–H and O–H groups in total. The fourth-order valence-electron chi connectivity index (χ4n) is 4.21. The van der Waals surface area contributed by atoms with Crippen molar-refractivity contribution in [3.8, 4) is 0 Å². The maximum atomic E-state index is 13.3. The Hall–Kier alpha value is -3.84. The Bertz CT molecular complexity index is 1060. The zero-order chi connectivity index (χ0) is 24.7. The summed E-state index contributed by atoms with van der Waals surface area (Å²) in [6.07, 6.45) is 0.989. The molecule has 0 radical (unpaired) electrons. The molecule has 0 aromatic heterocycles. The van der Waals surface area contributed by atoms with Crippen LogP contribution in [0.15, 0.2) is 101 Å². The molecule has 1 aliphatic rings. The lowest BCUT2D eigenvalue weighted by molar-refractivity contribution is -0.124. The molecule has 3 aromatic carbocycles. The van der Waals surface area contributed by atoms with Crippen LogP contribution in [0.5, 0.6) is 0 Å². The van der Waals surface area contributed by atoms with Crippen molar-refractivity contribution in [1.82, 2.24) is 10.6 Å². The molecule has 0 saturated heterocycles. The Morgan fingerprint density at radius 3 is 1.74 bits per heavy atom. The van der Waals surface area contributed by atoms with Gasteiger partial charge in [0.15, 0.2) is 5.66 Å². The minimum Gasteiger partial charge on any atom is -0.355 e. The van der Waals surface area contributed by atoms with E-state index in [4.69, 9.17) is 5.73 Å². The van der Waals surface area contributed by atoms with Gasteiger partial charge in [-0.3, -0.25) is 9.59 Å². The Balaban J connectivity index is 1.51. The number of carbonyl (C=O) groups is 2. The van der Waals surface area contributed by atoms with E-state index in [-0.39, 0.29) is 30.3 Å². The molecule has 7 heteroatoms. The average molecular weight is 470 g/mol. The lowest BCUT2D eigenvalue weighted by Crippen LogP contribution is -2.48. The maximum absolute atomic E-state index is 13.3. The summed E-state index contributed by atoms with van der Waals surface area (Å²) in [5, 5.41) is 14.0. The normalized spacial score (nSPS) is 14.7. The second-order valence-electron chi connectivity index (χ2n) is 9.00. The second kappa shape index (κ2) is 10.6.